The zero-order valence-corrected chi connectivity index (χ0v) is 9.05. The third-order valence-electron chi connectivity index (χ3n) is 2.19. The summed E-state index contributed by atoms with van der Waals surface area (Å²) in [4.78, 5) is 3.97. The molecule has 0 bridgehead atoms. The van der Waals surface area contributed by atoms with Crippen LogP contribution in [0.4, 0.5) is 0 Å². The van der Waals surface area contributed by atoms with Crippen LogP contribution in [0.15, 0.2) is 42.7 Å². The van der Waals surface area contributed by atoms with E-state index in [9.17, 15) is 0 Å². The van der Waals surface area contributed by atoms with Crippen LogP contribution >= 0.6 is 0 Å². The first-order valence-electron chi connectivity index (χ1n) is 5.02. The summed E-state index contributed by atoms with van der Waals surface area (Å²) in [6.07, 6.45) is 7.63. The lowest BCUT2D eigenvalue weighted by Gasteiger charge is -1.99. The van der Waals surface area contributed by atoms with Crippen molar-refractivity contribution in [1.29, 1.82) is 0 Å². The van der Waals surface area contributed by atoms with Gasteiger partial charge in [0, 0.05) is 18.5 Å². The lowest BCUT2D eigenvalue weighted by Crippen LogP contribution is -1.82. The Balaban J connectivity index is 2.17. The second-order valence-electron chi connectivity index (χ2n) is 3.30. The molecule has 1 radical (unpaired) electrons. The topological polar surface area (TPSA) is 22.1 Å². The van der Waals surface area contributed by atoms with Crippen molar-refractivity contribution in [2.45, 2.75) is 0 Å². The Morgan fingerprint density at radius 2 is 1.88 bits per heavy atom. The van der Waals surface area contributed by atoms with Gasteiger partial charge in [0.15, 0.2) is 0 Å². The average molecular weight is 210 g/mol. The Labute approximate surface area is 95.2 Å². The Morgan fingerprint density at radius 3 is 2.62 bits per heavy atom. The number of hydrogen-bond acceptors (Lipinski definition) is 2. The molecule has 0 aliphatic carbocycles. The molecule has 1 heterocycles. The van der Waals surface area contributed by atoms with E-state index in [0.717, 1.165) is 16.9 Å². The quantitative estimate of drug-likeness (QED) is 0.776. The highest BCUT2D eigenvalue weighted by Crippen LogP contribution is 2.14. The number of aromatic nitrogens is 1. The molecule has 2 aromatic rings. The van der Waals surface area contributed by atoms with Crippen molar-refractivity contribution in [2.24, 2.45) is 0 Å². The van der Waals surface area contributed by atoms with Crippen LogP contribution < -0.4 is 4.74 Å². The van der Waals surface area contributed by atoms with E-state index in [1.807, 2.05) is 42.5 Å². The largest absolute Gasteiger partial charge is 0.496 e. The van der Waals surface area contributed by atoms with Crippen molar-refractivity contribution in [3.05, 3.63) is 59.9 Å². The second-order valence-corrected chi connectivity index (χ2v) is 3.30. The standard InChI is InChI=1S/C14H12NO/c1-16-14-4-2-3-13(11-14)6-5-12-7-9-15-10-8-12/h2-3,5-11H,1H3. The van der Waals surface area contributed by atoms with Gasteiger partial charge in [-0.05, 0) is 35.4 Å². The molecular weight excluding hydrogens is 198 g/mol. The highest BCUT2D eigenvalue weighted by atomic mass is 16.5. The van der Waals surface area contributed by atoms with Gasteiger partial charge in [-0.3, -0.25) is 4.98 Å². The summed E-state index contributed by atoms with van der Waals surface area (Å²) in [5, 5.41) is 0. The molecular formula is C14H12NO. The smallest absolute Gasteiger partial charge is 0.127 e. The van der Waals surface area contributed by atoms with Crippen LogP contribution in [-0.4, -0.2) is 12.1 Å². The van der Waals surface area contributed by atoms with Gasteiger partial charge in [-0.2, -0.15) is 0 Å². The molecule has 2 rings (SSSR count). The Hall–Kier alpha value is -2.09. The normalized spacial score (nSPS) is 10.6. The molecule has 2 heteroatoms. The summed E-state index contributed by atoms with van der Waals surface area (Å²) in [5.74, 6) is 0.747. The fraction of sp³-hybridized carbons (Fsp3) is 0.0714. The van der Waals surface area contributed by atoms with Crippen LogP contribution in [-0.2, 0) is 0 Å². The maximum atomic E-state index is 5.11. The van der Waals surface area contributed by atoms with Gasteiger partial charge in [0.2, 0.25) is 0 Å². The minimum atomic E-state index is 0.747. The van der Waals surface area contributed by atoms with Crippen molar-refractivity contribution >= 4 is 12.2 Å². The molecule has 0 aliphatic heterocycles. The number of benzene rings is 1. The molecule has 0 atom stereocenters. The molecule has 0 saturated carbocycles. The monoisotopic (exact) mass is 210 g/mol. The average Bonchev–Trinajstić information content (AvgIpc) is 2.38. The zero-order valence-electron chi connectivity index (χ0n) is 9.05. The number of pyridine rings is 1. The van der Waals surface area contributed by atoms with Gasteiger partial charge in [-0.15, -0.1) is 0 Å². The SMILES string of the molecule is COc1[c]ccc(C=Cc2ccncc2)c1. The van der Waals surface area contributed by atoms with Crippen LogP contribution in [0.25, 0.3) is 12.2 Å². The Kier molecular flexibility index (Phi) is 3.34. The number of nitrogens with zero attached hydrogens (tertiary/aromatic N) is 1. The molecule has 16 heavy (non-hydrogen) atoms. The summed E-state index contributed by atoms with van der Waals surface area (Å²) in [7, 11) is 1.64. The maximum absolute atomic E-state index is 5.11. The predicted octanol–water partition coefficient (Wildman–Crippen LogP) is 3.06. The number of methoxy groups -OCH3 is 1. The summed E-state index contributed by atoms with van der Waals surface area (Å²) < 4.78 is 5.11. The Bertz CT molecular complexity index is 477. The van der Waals surface area contributed by atoms with Gasteiger partial charge in [0.25, 0.3) is 0 Å². The van der Waals surface area contributed by atoms with E-state index in [1.165, 1.54) is 0 Å². The predicted molar refractivity (Wildman–Crippen MR) is 65.0 cm³/mol. The summed E-state index contributed by atoms with van der Waals surface area (Å²) in [6.45, 7) is 0. The third kappa shape index (κ3) is 2.70. The van der Waals surface area contributed by atoms with Crippen molar-refractivity contribution in [2.75, 3.05) is 7.11 Å². The van der Waals surface area contributed by atoms with Gasteiger partial charge < -0.3 is 4.74 Å². The van der Waals surface area contributed by atoms with Crippen molar-refractivity contribution < 1.29 is 4.74 Å². The molecule has 1 aromatic carbocycles. The van der Waals surface area contributed by atoms with Crippen LogP contribution in [0, 0.1) is 6.07 Å². The molecule has 0 saturated heterocycles. The van der Waals surface area contributed by atoms with E-state index >= 15 is 0 Å². The fourth-order valence-electron chi connectivity index (χ4n) is 1.35. The third-order valence-corrected chi connectivity index (χ3v) is 2.19. The van der Waals surface area contributed by atoms with E-state index in [2.05, 4.69) is 11.1 Å². The maximum Gasteiger partial charge on any atom is 0.127 e. The van der Waals surface area contributed by atoms with Gasteiger partial charge in [0.05, 0.1) is 7.11 Å². The van der Waals surface area contributed by atoms with Crippen LogP contribution in [0.2, 0.25) is 0 Å². The van der Waals surface area contributed by atoms with Gasteiger partial charge in [-0.25, -0.2) is 0 Å². The lowest BCUT2D eigenvalue weighted by molar-refractivity contribution is 0.414. The first kappa shape index (κ1) is 10.4. The molecule has 0 spiro atoms. The zero-order chi connectivity index (χ0) is 11.2. The van der Waals surface area contributed by atoms with Crippen LogP contribution in [0.5, 0.6) is 5.75 Å². The van der Waals surface area contributed by atoms with Gasteiger partial charge in [-0.1, -0.05) is 18.2 Å². The number of hydrogen-bond donors (Lipinski definition) is 0. The lowest BCUT2D eigenvalue weighted by atomic mass is 10.1. The first-order chi connectivity index (χ1) is 7.88. The van der Waals surface area contributed by atoms with E-state index in [1.54, 1.807) is 19.5 Å². The van der Waals surface area contributed by atoms with E-state index < -0.39 is 0 Å². The molecule has 1 aromatic heterocycles. The minimum absolute atomic E-state index is 0.747. The highest BCUT2D eigenvalue weighted by molar-refractivity contribution is 5.69. The molecule has 0 amide bonds. The molecule has 0 unspecified atom stereocenters. The molecule has 0 aliphatic rings. The summed E-state index contributed by atoms with van der Waals surface area (Å²) >= 11 is 0. The van der Waals surface area contributed by atoms with Crippen molar-refractivity contribution in [3.63, 3.8) is 0 Å². The van der Waals surface area contributed by atoms with E-state index in [-0.39, 0.29) is 0 Å². The fourth-order valence-corrected chi connectivity index (χ4v) is 1.35. The molecule has 79 valence electrons. The van der Waals surface area contributed by atoms with E-state index in [4.69, 9.17) is 4.74 Å². The summed E-state index contributed by atoms with van der Waals surface area (Å²) in [6, 6.07) is 12.7. The van der Waals surface area contributed by atoms with E-state index in [0.29, 0.717) is 0 Å². The van der Waals surface area contributed by atoms with Gasteiger partial charge in [0.1, 0.15) is 5.75 Å². The van der Waals surface area contributed by atoms with Crippen molar-refractivity contribution in [3.8, 4) is 5.75 Å². The second kappa shape index (κ2) is 5.12. The van der Waals surface area contributed by atoms with Crippen LogP contribution in [0.1, 0.15) is 11.1 Å². The molecule has 0 N–H and O–H groups in total. The van der Waals surface area contributed by atoms with Crippen molar-refractivity contribution in [1.82, 2.24) is 4.98 Å². The minimum Gasteiger partial charge on any atom is -0.496 e. The molecule has 0 fully saturated rings. The Morgan fingerprint density at radius 1 is 1.12 bits per heavy atom. The number of rotatable bonds is 3. The molecule has 2 nitrogen and oxygen atoms in total. The highest BCUT2D eigenvalue weighted by Gasteiger charge is 1.92. The summed E-state index contributed by atoms with van der Waals surface area (Å²) in [5.41, 5.74) is 2.22. The van der Waals surface area contributed by atoms with Gasteiger partial charge >= 0.3 is 0 Å². The number of ether oxygens (including phenoxy) is 1. The first-order valence-corrected chi connectivity index (χ1v) is 5.02. The van der Waals surface area contributed by atoms with Crippen LogP contribution in [0.3, 0.4) is 0 Å².